The van der Waals surface area contributed by atoms with E-state index in [0.717, 1.165) is 22.5 Å². The number of fused-ring (bicyclic) bond motifs is 4. The van der Waals surface area contributed by atoms with Crippen molar-refractivity contribution in [2.24, 2.45) is 9.98 Å². The minimum absolute atomic E-state index is 0.223. The van der Waals surface area contributed by atoms with E-state index in [9.17, 15) is 4.79 Å². The molecule has 0 bridgehead atoms. The summed E-state index contributed by atoms with van der Waals surface area (Å²) >= 11 is 0. The fraction of sp³-hybridized carbons (Fsp3) is 0.100. The Morgan fingerprint density at radius 1 is 1.04 bits per heavy atom. The molecule has 126 valence electrons. The van der Waals surface area contributed by atoms with Gasteiger partial charge in [-0.25, -0.2) is 4.99 Å². The van der Waals surface area contributed by atoms with Gasteiger partial charge in [-0.05, 0) is 24.3 Å². The molecule has 2 aliphatic heterocycles. The van der Waals surface area contributed by atoms with Crippen LogP contribution in [0.4, 0.5) is 5.69 Å². The number of amides is 1. The highest BCUT2D eigenvalue weighted by Crippen LogP contribution is 2.28. The van der Waals surface area contributed by atoms with E-state index in [2.05, 4.69) is 20.3 Å². The lowest BCUT2D eigenvalue weighted by molar-refractivity contribution is 0.0975. The van der Waals surface area contributed by atoms with Crippen LogP contribution < -0.4 is 5.32 Å². The maximum Gasteiger partial charge on any atom is 0.260 e. The van der Waals surface area contributed by atoms with Gasteiger partial charge in [0, 0.05) is 23.7 Å². The molecule has 0 fully saturated rings. The number of hydrogen-bond donors (Lipinski definition) is 1. The van der Waals surface area contributed by atoms with Crippen LogP contribution in [0, 0.1) is 0 Å². The van der Waals surface area contributed by atoms with Crippen molar-refractivity contribution < 1.29 is 4.79 Å². The predicted molar refractivity (Wildman–Crippen MR) is 101 cm³/mol. The van der Waals surface area contributed by atoms with Gasteiger partial charge in [0.15, 0.2) is 0 Å². The number of para-hydroxylation sites is 2. The number of rotatable bonds is 1. The fourth-order valence-corrected chi connectivity index (χ4v) is 3.37. The summed E-state index contributed by atoms with van der Waals surface area (Å²) in [7, 11) is 0. The lowest BCUT2D eigenvalue weighted by atomic mass is 10.1. The molecule has 0 saturated heterocycles. The van der Waals surface area contributed by atoms with Gasteiger partial charge in [0.1, 0.15) is 5.84 Å². The van der Waals surface area contributed by atoms with Gasteiger partial charge >= 0.3 is 0 Å². The van der Waals surface area contributed by atoms with Crippen molar-refractivity contribution in [1.82, 2.24) is 15.2 Å². The van der Waals surface area contributed by atoms with Crippen LogP contribution in [-0.4, -0.2) is 40.7 Å². The van der Waals surface area contributed by atoms with Crippen molar-refractivity contribution in [3.63, 3.8) is 0 Å². The van der Waals surface area contributed by atoms with Crippen molar-refractivity contribution >= 4 is 34.3 Å². The van der Waals surface area contributed by atoms with Gasteiger partial charge in [0.2, 0.25) is 5.96 Å². The zero-order valence-corrected chi connectivity index (χ0v) is 13.9. The van der Waals surface area contributed by atoms with E-state index in [0.29, 0.717) is 30.1 Å². The normalized spacial score (nSPS) is 15.2. The summed E-state index contributed by atoms with van der Waals surface area (Å²) in [5.74, 6) is 1.15. The molecule has 0 aliphatic carbocycles. The zero-order chi connectivity index (χ0) is 17.5. The third-order valence-electron chi connectivity index (χ3n) is 4.57. The Morgan fingerprint density at radius 2 is 1.92 bits per heavy atom. The monoisotopic (exact) mass is 341 g/mol. The van der Waals surface area contributed by atoms with E-state index < -0.39 is 0 Å². The first-order valence-corrected chi connectivity index (χ1v) is 8.46. The van der Waals surface area contributed by atoms with E-state index >= 15 is 0 Å². The second-order valence-electron chi connectivity index (χ2n) is 6.14. The number of aliphatic imine (C=N–C) groups is 2. The first-order chi connectivity index (χ1) is 12.8. The van der Waals surface area contributed by atoms with E-state index in [-0.39, 0.29) is 5.91 Å². The molecule has 5 rings (SSSR count). The molecule has 0 atom stereocenters. The number of aromatic nitrogens is 1. The van der Waals surface area contributed by atoms with Gasteiger partial charge in [-0.15, -0.1) is 0 Å². The Bertz CT molecular complexity index is 1100. The average Bonchev–Trinajstić information content (AvgIpc) is 3.18. The van der Waals surface area contributed by atoms with Crippen molar-refractivity contribution in [3.05, 3.63) is 71.9 Å². The van der Waals surface area contributed by atoms with E-state index in [1.807, 2.05) is 53.4 Å². The Hall–Kier alpha value is -3.54. The maximum absolute atomic E-state index is 12.9. The molecule has 26 heavy (non-hydrogen) atoms. The molecule has 1 aromatic heterocycles. The molecule has 0 radical (unpaired) electrons. The molecule has 0 spiro atoms. The van der Waals surface area contributed by atoms with Crippen LogP contribution >= 0.6 is 0 Å². The van der Waals surface area contributed by atoms with Crippen molar-refractivity contribution in [3.8, 4) is 0 Å². The highest BCUT2D eigenvalue weighted by Gasteiger charge is 2.30. The number of nitrogens with zero attached hydrogens (tertiary/aromatic N) is 4. The van der Waals surface area contributed by atoms with Crippen molar-refractivity contribution in [2.45, 2.75) is 0 Å². The Kier molecular flexibility index (Phi) is 3.28. The van der Waals surface area contributed by atoms with E-state index in [1.165, 1.54) is 0 Å². The Balaban J connectivity index is 1.54. The lowest BCUT2D eigenvalue weighted by Gasteiger charge is -2.27. The van der Waals surface area contributed by atoms with Gasteiger partial charge < -0.3 is 0 Å². The predicted octanol–water partition coefficient (Wildman–Crippen LogP) is 2.73. The molecule has 2 aromatic carbocycles. The SMILES string of the molecule is O=C(NC1=Nc2ccccc2C2=NCCN12)c1cccc2cccnc12. The minimum Gasteiger partial charge on any atom is -0.294 e. The quantitative estimate of drug-likeness (QED) is 0.740. The van der Waals surface area contributed by atoms with Crippen LogP contribution in [0.2, 0.25) is 0 Å². The third-order valence-corrected chi connectivity index (χ3v) is 4.57. The number of carbonyl (C=O) groups is 1. The van der Waals surface area contributed by atoms with Gasteiger partial charge in [0.25, 0.3) is 5.91 Å². The molecule has 2 aliphatic rings. The van der Waals surface area contributed by atoms with Crippen LogP contribution in [0.25, 0.3) is 10.9 Å². The molecule has 1 N–H and O–H groups in total. The van der Waals surface area contributed by atoms with Gasteiger partial charge in [-0.3, -0.25) is 25.0 Å². The van der Waals surface area contributed by atoms with Crippen molar-refractivity contribution in [2.75, 3.05) is 13.1 Å². The second kappa shape index (κ2) is 5.77. The average molecular weight is 341 g/mol. The summed E-state index contributed by atoms with van der Waals surface area (Å²) in [5.41, 5.74) is 3.02. The number of nitrogens with one attached hydrogen (secondary N) is 1. The number of amidine groups is 1. The van der Waals surface area contributed by atoms with Crippen LogP contribution in [0.5, 0.6) is 0 Å². The second-order valence-corrected chi connectivity index (χ2v) is 6.14. The highest BCUT2D eigenvalue weighted by atomic mass is 16.1. The largest absolute Gasteiger partial charge is 0.294 e. The highest BCUT2D eigenvalue weighted by molar-refractivity contribution is 6.20. The van der Waals surface area contributed by atoms with E-state index in [4.69, 9.17) is 0 Å². The lowest BCUT2D eigenvalue weighted by Crippen LogP contribution is -2.47. The molecule has 6 nitrogen and oxygen atoms in total. The summed E-state index contributed by atoms with van der Waals surface area (Å²) in [6.45, 7) is 1.39. The first-order valence-electron chi connectivity index (χ1n) is 8.46. The minimum atomic E-state index is -0.223. The molecule has 3 heterocycles. The fourth-order valence-electron chi connectivity index (χ4n) is 3.37. The molecule has 0 saturated carbocycles. The maximum atomic E-state index is 12.9. The number of guanidine groups is 1. The van der Waals surface area contributed by atoms with Crippen LogP contribution in [0.3, 0.4) is 0 Å². The molecule has 1 amide bonds. The summed E-state index contributed by atoms with van der Waals surface area (Å²) in [6, 6.07) is 17.2. The number of carbonyl (C=O) groups excluding carboxylic acids is 1. The molecule has 6 heteroatoms. The summed E-state index contributed by atoms with van der Waals surface area (Å²) < 4.78 is 0. The Labute approximate surface area is 149 Å². The van der Waals surface area contributed by atoms with Crippen molar-refractivity contribution in [1.29, 1.82) is 0 Å². The van der Waals surface area contributed by atoms with Crippen LogP contribution in [0.1, 0.15) is 15.9 Å². The molecular formula is C20H15N5O. The van der Waals surface area contributed by atoms with Gasteiger partial charge in [-0.1, -0.05) is 30.3 Å². The molecular weight excluding hydrogens is 326 g/mol. The topological polar surface area (TPSA) is 70.0 Å². The summed E-state index contributed by atoms with van der Waals surface area (Å²) in [5, 5.41) is 3.89. The number of benzene rings is 2. The zero-order valence-electron chi connectivity index (χ0n) is 13.9. The molecule has 3 aromatic rings. The number of hydrogen-bond acceptors (Lipinski definition) is 5. The van der Waals surface area contributed by atoms with E-state index in [1.54, 1.807) is 12.3 Å². The van der Waals surface area contributed by atoms with Crippen LogP contribution in [0.15, 0.2) is 70.8 Å². The first kappa shape index (κ1) is 14.8. The smallest absolute Gasteiger partial charge is 0.260 e. The molecule has 0 unspecified atom stereocenters. The summed E-state index contributed by atoms with van der Waals surface area (Å²) in [6.07, 6.45) is 1.69. The van der Waals surface area contributed by atoms with Crippen LogP contribution in [-0.2, 0) is 0 Å². The van der Waals surface area contributed by atoms with Gasteiger partial charge in [0.05, 0.1) is 23.3 Å². The number of pyridine rings is 1. The third kappa shape index (κ3) is 2.27. The standard InChI is InChI=1S/C20H15N5O/c26-19(15-8-3-5-13-6-4-10-21-17(13)15)24-20-23-16-9-2-1-7-14(16)18-22-11-12-25(18)20/h1-10H,11-12H2,(H,23,24,26). The van der Waals surface area contributed by atoms with Gasteiger partial charge in [-0.2, -0.15) is 0 Å². The summed E-state index contributed by atoms with van der Waals surface area (Å²) in [4.78, 5) is 28.5. The Morgan fingerprint density at radius 3 is 2.88 bits per heavy atom.